The Morgan fingerprint density at radius 3 is 2.90 bits per heavy atom. The van der Waals surface area contributed by atoms with E-state index in [0.29, 0.717) is 19.0 Å². The van der Waals surface area contributed by atoms with Gasteiger partial charge >= 0.3 is 5.97 Å². The third-order valence-corrected chi connectivity index (χ3v) is 5.07. The zero-order chi connectivity index (χ0) is 15.5. The number of rotatable bonds is 6. The fraction of sp³-hybridized carbons (Fsp3) is 0.500. The van der Waals surface area contributed by atoms with Crippen molar-refractivity contribution in [3.8, 4) is 5.75 Å². The molecule has 6 nitrogen and oxygen atoms in total. The number of hydrogen-bond acceptors (Lipinski definition) is 6. The Bertz CT molecular complexity index is 626. The van der Waals surface area contributed by atoms with Gasteiger partial charge in [-0.2, -0.15) is 0 Å². The van der Waals surface area contributed by atoms with E-state index in [1.165, 1.54) is 6.07 Å². The summed E-state index contributed by atoms with van der Waals surface area (Å²) < 4.78 is 34.5. The van der Waals surface area contributed by atoms with Crippen LogP contribution in [0.3, 0.4) is 0 Å². The minimum absolute atomic E-state index is 0.0716. The highest BCUT2D eigenvalue weighted by Gasteiger charge is 2.28. The van der Waals surface area contributed by atoms with E-state index in [9.17, 15) is 13.2 Å². The molecule has 1 aromatic carbocycles. The van der Waals surface area contributed by atoms with Crippen molar-refractivity contribution < 1.29 is 22.7 Å². The molecule has 116 valence electrons. The molecule has 0 saturated carbocycles. The van der Waals surface area contributed by atoms with Crippen LogP contribution in [0.5, 0.6) is 5.75 Å². The van der Waals surface area contributed by atoms with Gasteiger partial charge in [-0.15, -0.1) is 0 Å². The normalized spacial score (nSPS) is 17.1. The van der Waals surface area contributed by atoms with Crippen LogP contribution in [-0.4, -0.2) is 39.9 Å². The van der Waals surface area contributed by atoms with Crippen molar-refractivity contribution in [2.75, 3.05) is 25.5 Å². The second kappa shape index (κ2) is 6.44. The van der Waals surface area contributed by atoms with Gasteiger partial charge in [0.05, 0.1) is 30.3 Å². The quantitative estimate of drug-likeness (QED) is 0.782. The largest absolute Gasteiger partial charge is 0.493 e. The van der Waals surface area contributed by atoms with E-state index in [2.05, 4.69) is 0 Å². The zero-order valence-electron chi connectivity index (χ0n) is 11.9. The van der Waals surface area contributed by atoms with Gasteiger partial charge in [0.25, 0.3) is 0 Å². The lowest BCUT2D eigenvalue weighted by Gasteiger charge is -2.09. The number of nitrogens with two attached hydrogens (primary N) is 1. The third-order valence-electron chi connectivity index (χ3n) is 3.33. The molecular weight excluding hydrogens is 294 g/mol. The monoisotopic (exact) mass is 313 g/mol. The van der Waals surface area contributed by atoms with Gasteiger partial charge in [0.1, 0.15) is 5.75 Å². The number of esters is 1. The first kappa shape index (κ1) is 15.8. The maximum Gasteiger partial charge on any atom is 0.306 e. The number of benzene rings is 1. The summed E-state index contributed by atoms with van der Waals surface area (Å²) in [4.78, 5) is 11.8. The van der Waals surface area contributed by atoms with Crippen molar-refractivity contribution in [1.29, 1.82) is 0 Å². The molecule has 1 unspecified atom stereocenters. The number of carbonyl (C=O) groups is 1. The Balaban J connectivity index is 2.24. The average molecular weight is 313 g/mol. The van der Waals surface area contributed by atoms with Crippen molar-refractivity contribution in [1.82, 2.24) is 0 Å². The molecule has 0 saturated heterocycles. The second-order valence-corrected chi connectivity index (χ2v) is 6.93. The van der Waals surface area contributed by atoms with Gasteiger partial charge in [-0.1, -0.05) is 0 Å². The number of hydrogen-bond donors (Lipinski definition) is 1. The minimum Gasteiger partial charge on any atom is -0.493 e. The van der Waals surface area contributed by atoms with Crippen LogP contribution in [-0.2, 0) is 19.4 Å². The minimum atomic E-state index is -3.39. The molecule has 0 fully saturated rings. The summed E-state index contributed by atoms with van der Waals surface area (Å²) >= 11 is 0. The van der Waals surface area contributed by atoms with E-state index in [-0.39, 0.29) is 35.5 Å². The average Bonchev–Trinajstić information content (AvgIpc) is 2.81. The summed E-state index contributed by atoms with van der Waals surface area (Å²) in [5.74, 6) is 0.0343. The van der Waals surface area contributed by atoms with Gasteiger partial charge in [0.2, 0.25) is 0 Å². The Kier molecular flexibility index (Phi) is 4.84. The third kappa shape index (κ3) is 3.54. The summed E-state index contributed by atoms with van der Waals surface area (Å²) in [6, 6.07) is 4.72. The topological polar surface area (TPSA) is 95.7 Å². The molecule has 0 amide bonds. The fourth-order valence-electron chi connectivity index (χ4n) is 2.31. The second-order valence-electron chi connectivity index (χ2n) is 4.82. The molecule has 21 heavy (non-hydrogen) atoms. The highest BCUT2D eigenvalue weighted by molar-refractivity contribution is 7.91. The van der Waals surface area contributed by atoms with Crippen molar-refractivity contribution >= 4 is 15.8 Å². The molecule has 1 aliphatic rings. The first-order chi connectivity index (χ1) is 9.97. The fourth-order valence-corrected chi connectivity index (χ4v) is 3.44. The van der Waals surface area contributed by atoms with E-state index < -0.39 is 9.84 Å². The van der Waals surface area contributed by atoms with Crippen molar-refractivity contribution in [2.45, 2.75) is 24.2 Å². The first-order valence-electron chi connectivity index (χ1n) is 6.83. The SMILES string of the molecule is CCOC(=O)CC1COc2ccc(S(=O)(=O)CCN)cc21. The molecule has 0 spiro atoms. The Morgan fingerprint density at radius 1 is 1.48 bits per heavy atom. The van der Waals surface area contributed by atoms with Crippen LogP contribution in [0.1, 0.15) is 24.8 Å². The molecule has 2 rings (SSSR count). The number of carbonyl (C=O) groups excluding carboxylic acids is 1. The van der Waals surface area contributed by atoms with Crippen LogP contribution < -0.4 is 10.5 Å². The Labute approximate surface area is 124 Å². The van der Waals surface area contributed by atoms with E-state index >= 15 is 0 Å². The summed E-state index contributed by atoms with van der Waals surface area (Å²) in [7, 11) is -3.39. The van der Waals surface area contributed by atoms with Gasteiger partial charge in [-0.05, 0) is 25.1 Å². The Morgan fingerprint density at radius 2 is 2.24 bits per heavy atom. The standard InChI is InChI=1S/C14H19NO5S/c1-2-19-14(16)7-10-9-20-13-4-3-11(8-12(10)13)21(17,18)6-5-15/h3-4,8,10H,2,5-7,9,15H2,1H3. The van der Waals surface area contributed by atoms with Crippen molar-refractivity contribution in [3.05, 3.63) is 23.8 Å². The van der Waals surface area contributed by atoms with Crippen LogP contribution in [0.15, 0.2) is 23.1 Å². The number of fused-ring (bicyclic) bond motifs is 1. The van der Waals surface area contributed by atoms with Crippen LogP contribution in [0.25, 0.3) is 0 Å². The predicted molar refractivity (Wildman–Crippen MR) is 77.0 cm³/mol. The van der Waals surface area contributed by atoms with E-state index in [1.807, 2.05) is 0 Å². The zero-order valence-corrected chi connectivity index (χ0v) is 12.7. The molecule has 0 aromatic heterocycles. The lowest BCUT2D eigenvalue weighted by molar-refractivity contribution is -0.143. The van der Waals surface area contributed by atoms with Crippen LogP contribution in [0.2, 0.25) is 0 Å². The van der Waals surface area contributed by atoms with E-state index in [4.69, 9.17) is 15.2 Å². The molecule has 1 aromatic rings. The van der Waals surface area contributed by atoms with Gasteiger partial charge in [-0.25, -0.2) is 8.42 Å². The van der Waals surface area contributed by atoms with Gasteiger partial charge < -0.3 is 15.2 Å². The summed E-state index contributed by atoms with van der Waals surface area (Å²) in [6.07, 6.45) is 0.182. The van der Waals surface area contributed by atoms with Gasteiger partial charge in [0.15, 0.2) is 9.84 Å². The molecule has 1 atom stereocenters. The summed E-state index contributed by atoms with van der Waals surface area (Å²) in [5.41, 5.74) is 6.06. The number of sulfone groups is 1. The van der Waals surface area contributed by atoms with E-state index in [0.717, 1.165) is 5.56 Å². The molecule has 7 heteroatoms. The van der Waals surface area contributed by atoms with Gasteiger partial charge in [0, 0.05) is 18.0 Å². The number of ether oxygens (including phenoxy) is 2. The summed E-state index contributed by atoms with van der Waals surface area (Å²) in [5, 5.41) is 0. The molecule has 0 bridgehead atoms. The summed E-state index contributed by atoms with van der Waals surface area (Å²) in [6.45, 7) is 2.50. The first-order valence-corrected chi connectivity index (χ1v) is 8.48. The predicted octanol–water partition coefficient (Wildman–Crippen LogP) is 0.848. The molecular formula is C14H19NO5S. The molecule has 0 radical (unpaired) electrons. The van der Waals surface area contributed by atoms with Crippen LogP contribution in [0, 0.1) is 0 Å². The highest BCUT2D eigenvalue weighted by Crippen LogP contribution is 2.37. The van der Waals surface area contributed by atoms with E-state index in [1.54, 1.807) is 19.1 Å². The Hall–Kier alpha value is -1.60. The van der Waals surface area contributed by atoms with Crippen molar-refractivity contribution in [2.24, 2.45) is 5.73 Å². The smallest absolute Gasteiger partial charge is 0.306 e. The van der Waals surface area contributed by atoms with Crippen LogP contribution in [0.4, 0.5) is 0 Å². The maximum absolute atomic E-state index is 12.1. The molecule has 0 aliphatic carbocycles. The molecule has 1 aliphatic heterocycles. The lowest BCUT2D eigenvalue weighted by atomic mass is 9.98. The highest BCUT2D eigenvalue weighted by atomic mass is 32.2. The van der Waals surface area contributed by atoms with Crippen LogP contribution >= 0.6 is 0 Å². The maximum atomic E-state index is 12.1. The molecule has 1 heterocycles. The van der Waals surface area contributed by atoms with Crippen molar-refractivity contribution in [3.63, 3.8) is 0 Å². The molecule has 2 N–H and O–H groups in total. The van der Waals surface area contributed by atoms with Gasteiger partial charge in [-0.3, -0.25) is 4.79 Å². The lowest BCUT2D eigenvalue weighted by Crippen LogP contribution is -2.16.